The number of hydrogen-bond donors (Lipinski definition) is 2. The first-order valence-corrected chi connectivity index (χ1v) is 28.4. The van der Waals surface area contributed by atoms with Crippen molar-refractivity contribution in [3.05, 3.63) is 172 Å². The molecule has 4 aromatic carbocycles. The van der Waals surface area contributed by atoms with E-state index in [1.165, 1.54) is 22.7 Å². The lowest BCUT2D eigenvalue weighted by Crippen LogP contribution is -2.57. The second kappa shape index (κ2) is 23.9. The van der Waals surface area contributed by atoms with Crippen molar-refractivity contribution >= 4 is 128 Å². The van der Waals surface area contributed by atoms with Crippen LogP contribution in [0.25, 0.3) is 0 Å². The standard InChI is InChI=1S/C28H26Cl2N2O5S2.C25H22Cl2N2O3S2/c1-2-36-27(34)37-22-16-28(19-10-15-38-17-19,18-6-8-20(9-7-18)32-11-13-35-14-12-32)31-26(33)25(22)39-23-5-3-4-21(29)24(23)30;26-19-2-1-3-21(22(19)27)34-23-20(30)14-25(28-24(23)31,17-8-13-33-15-17)16-4-6-18(7-5-16)29-9-11-32-12-10-29/h3-10,15,17H,2,11-14,16H2,1H3,(H,31,33);1-8,13,15,23H,9-12,14H2,(H,28,31). The van der Waals surface area contributed by atoms with Crippen LogP contribution in [0.2, 0.25) is 20.1 Å². The Hall–Kier alpha value is -4.72. The van der Waals surface area contributed by atoms with Gasteiger partial charge in [-0.1, -0.05) is 94.6 Å². The van der Waals surface area contributed by atoms with E-state index in [4.69, 9.17) is 65.4 Å². The molecular weight excluding hydrogens is 1090 g/mol. The maximum atomic E-state index is 13.8. The molecule has 0 spiro atoms. The van der Waals surface area contributed by atoms with E-state index in [9.17, 15) is 19.2 Å². The minimum absolute atomic E-state index is 0.138. The topological polar surface area (TPSA) is 136 Å². The highest BCUT2D eigenvalue weighted by molar-refractivity contribution is 8.04. The van der Waals surface area contributed by atoms with Crippen molar-refractivity contribution in [1.29, 1.82) is 0 Å². The summed E-state index contributed by atoms with van der Waals surface area (Å²) in [5.74, 6) is -0.680. The fourth-order valence-electron chi connectivity index (χ4n) is 9.09. The molecule has 4 aliphatic heterocycles. The summed E-state index contributed by atoms with van der Waals surface area (Å²) >= 11 is 30.4. The molecule has 6 aromatic rings. The lowest BCUT2D eigenvalue weighted by molar-refractivity contribution is -0.133. The zero-order valence-corrected chi connectivity index (χ0v) is 45.5. The van der Waals surface area contributed by atoms with Gasteiger partial charge in [0.1, 0.15) is 15.9 Å². The highest BCUT2D eigenvalue weighted by Gasteiger charge is 2.48. The van der Waals surface area contributed by atoms with E-state index in [1.807, 2.05) is 70.1 Å². The van der Waals surface area contributed by atoms with Crippen LogP contribution in [-0.4, -0.2) is 88.2 Å². The van der Waals surface area contributed by atoms with Crippen molar-refractivity contribution in [3.8, 4) is 0 Å². The van der Waals surface area contributed by atoms with Crippen LogP contribution < -0.4 is 20.4 Å². The molecule has 73 heavy (non-hydrogen) atoms. The highest BCUT2D eigenvalue weighted by Crippen LogP contribution is 2.47. The molecule has 2 amide bonds. The number of hydrogen-bond acceptors (Lipinski definition) is 14. The first-order chi connectivity index (χ1) is 35.4. The lowest BCUT2D eigenvalue weighted by atomic mass is 9.77. The predicted molar refractivity (Wildman–Crippen MR) is 293 cm³/mol. The number of benzene rings is 4. The van der Waals surface area contributed by atoms with Gasteiger partial charge in [0.15, 0.2) is 5.78 Å². The van der Waals surface area contributed by atoms with Crippen molar-refractivity contribution in [2.24, 2.45) is 0 Å². The molecule has 12 nitrogen and oxygen atoms in total. The number of ketones is 1. The number of nitrogens with one attached hydrogen (secondary N) is 2. The van der Waals surface area contributed by atoms with Gasteiger partial charge in [0.05, 0.1) is 64.2 Å². The smallest absolute Gasteiger partial charge is 0.434 e. The van der Waals surface area contributed by atoms with Gasteiger partial charge >= 0.3 is 6.16 Å². The number of thioether (sulfide) groups is 2. The second-order valence-electron chi connectivity index (χ2n) is 17.1. The Kier molecular flexibility index (Phi) is 17.4. The van der Waals surface area contributed by atoms with Gasteiger partial charge in [-0.25, -0.2) is 4.79 Å². The summed E-state index contributed by atoms with van der Waals surface area (Å²) in [4.78, 5) is 59.1. The summed E-state index contributed by atoms with van der Waals surface area (Å²) in [5.41, 5.74) is 3.84. The Morgan fingerprint density at radius 1 is 0.671 bits per heavy atom. The van der Waals surface area contributed by atoms with Crippen molar-refractivity contribution < 1.29 is 38.1 Å². The molecule has 0 saturated carbocycles. The Balaban J connectivity index is 0.000000181. The minimum atomic E-state index is -0.968. The van der Waals surface area contributed by atoms with Crippen LogP contribution in [-0.2, 0) is 44.4 Å². The molecule has 3 saturated heterocycles. The summed E-state index contributed by atoms with van der Waals surface area (Å²) < 4.78 is 21.7. The largest absolute Gasteiger partial charge is 0.513 e. The van der Waals surface area contributed by atoms with E-state index in [0.29, 0.717) is 56.3 Å². The molecule has 380 valence electrons. The number of nitrogens with zero attached hydrogens (tertiary/aromatic N) is 2. The first-order valence-electron chi connectivity index (χ1n) is 23.3. The molecule has 3 fully saturated rings. The van der Waals surface area contributed by atoms with Crippen LogP contribution in [0, 0.1) is 0 Å². The van der Waals surface area contributed by atoms with Crippen molar-refractivity contribution in [2.75, 3.05) is 69.0 Å². The predicted octanol–water partition coefficient (Wildman–Crippen LogP) is 12.2. The van der Waals surface area contributed by atoms with Crippen molar-refractivity contribution in [2.45, 2.75) is 45.9 Å². The van der Waals surface area contributed by atoms with Crippen molar-refractivity contribution in [3.63, 3.8) is 0 Å². The summed E-state index contributed by atoms with van der Waals surface area (Å²) in [6.45, 7) is 7.94. The number of piperidine rings is 1. The number of carbonyl (C=O) groups excluding carboxylic acids is 4. The zero-order chi connectivity index (χ0) is 51.1. The Morgan fingerprint density at radius 2 is 1.18 bits per heavy atom. The monoisotopic (exact) mass is 1140 g/mol. The van der Waals surface area contributed by atoms with Gasteiger partial charge in [-0.15, -0.1) is 11.8 Å². The van der Waals surface area contributed by atoms with Crippen LogP contribution in [0.4, 0.5) is 16.2 Å². The summed E-state index contributed by atoms with van der Waals surface area (Å²) in [6, 6.07) is 30.6. The highest BCUT2D eigenvalue weighted by atomic mass is 35.5. The third-order valence-electron chi connectivity index (χ3n) is 12.8. The van der Waals surface area contributed by atoms with E-state index in [1.54, 1.807) is 43.3 Å². The van der Waals surface area contributed by atoms with Gasteiger partial charge in [-0.3, -0.25) is 14.4 Å². The number of carbonyl (C=O) groups is 4. The molecule has 2 N–H and O–H groups in total. The summed E-state index contributed by atoms with van der Waals surface area (Å²) in [5, 5.41) is 14.9. The van der Waals surface area contributed by atoms with Gasteiger partial charge in [-0.05, 0) is 111 Å². The number of morpholine rings is 2. The van der Waals surface area contributed by atoms with Crippen LogP contribution >= 0.6 is 92.6 Å². The van der Waals surface area contributed by atoms with E-state index < -0.39 is 28.4 Å². The van der Waals surface area contributed by atoms with Crippen LogP contribution in [0.3, 0.4) is 0 Å². The van der Waals surface area contributed by atoms with Gasteiger partial charge in [-0.2, -0.15) is 22.7 Å². The van der Waals surface area contributed by atoms with Crippen LogP contribution in [0.1, 0.15) is 42.0 Å². The number of ether oxygens (including phenoxy) is 4. The number of Topliss-reactive ketones (excluding diaryl/α,β-unsaturated/α-hetero) is 1. The first kappa shape index (κ1) is 53.1. The Morgan fingerprint density at radius 3 is 1.67 bits per heavy atom. The molecule has 6 heterocycles. The second-order valence-corrected chi connectivity index (χ2v) is 22.5. The molecular formula is C53H48Cl4N4O8S4. The minimum Gasteiger partial charge on any atom is -0.434 e. The molecule has 4 aliphatic rings. The summed E-state index contributed by atoms with van der Waals surface area (Å²) in [7, 11) is 0. The maximum Gasteiger partial charge on any atom is 0.513 e. The number of thiophene rings is 2. The van der Waals surface area contributed by atoms with Crippen LogP contribution in [0.15, 0.2) is 139 Å². The number of rotatable bonds is 12. The fraction of sp³-hybridized carbons (Fsp3) is 0.283. The average molecular weight is 1140 g/mol. The molecule has 0 aliphatic carbocycles. The van der Waals surface area contributed by atoms with Gasteiger partial charge in [0, 0.05) is 60.2 Å². The zero-order valence-electron chi connectivity index (χ0n) is 39.2. The van der Waals surface area contributed by atoms with E-state index in [-0.39, 0.29) is 41.8 Å². The maximum absolute atomic E-state index is 13.8. The SMILES string of the molecule is CCOC(=O)OC1=C(Sc2cccc(Cl)c2Cl)C(=O)NC(c2ccc(N3CCOCC3)cc2)(c2ccsc2)C1.O=C1CC(c2ccc(N3CCOCC3)cc2)(c2ccsc2)NC(=O)C1Sc1cccc(Cl)c1Cl. The molecule has 2 aromatic heterocycles. The Labute approximate surface area is 459 Å². The van der Waals surface area contributed by atoms with Gasteiger partial charge in [0.25, 0.3) is 5.91 Å². The summed E-state index contributed by atoms with van der Waals surface area (Å²) in [6.07, 6.45) is -0.534. The third-order valence-corrected chi connectivity index (χ3v) is 18.5. The molecule has 20 heteroatoms. The molecule has 10 rings (SSSR count). The normalized spacial score (nSPS) is 21.2. The molecule has 3 atom stereocenters. The van der Waals surface area contributed by atoms with Gasteiger partial charge < -0.3 is 39.4 Å². The molecule has 3 unspecified atom stereocenters. The number of anilines is 2. The number of halogens is 4. The lowest BCUT2D eigenvalue weighted by Gasteiger charge is -2.40. The van der Waals surface area contributed by atoms with Crippen LogP contribution in [0.5, 0.6) is 0 Å². The molecule has 0 bridgehead atoms. The van der Waals surface area contributed by atoms with E-state index in [0.717, 1.165) is 83.3 Å². The fourth-order valence-corrected chi connectivity index (χ4v) is 13.5. The third kappa shape index (κ3) is 11.7. The Bertz CT molecular complexity index is 2950. The van der Waals surface area contributed by atoms with Crippen molar-refractivity contribution in [1.82, 2.24) is 10.6 Å². The van der Waals surface area contributed by atoms with Gasteiger partial charge in [0.2, 0.25) is 5.91 Å². The average Bonchev–Trinajstić information content (AvgIpc) is 4.17. The molecule has 0 radical (unpaired) electrons. The quantitative estimate of drug-likeness (QED) is 0.0892. The number of amides is 2. The van der Waals surface area contributed by atoms with E-state index >= 15 is 0 Å². The van der Waals surface area contributed by atoms with E-state index in [2.05, 4.69) is 32.6 Å².